The molecule has 0 fully saturated rings. The van der Waals surface area contributed by atoms with Crippen molar-refractivity contribution < 1.29 is 23.3 Å². The van der Waals surface area contributed by atoms with Gasteiger partial charge in [-0.05, 0) is 0 Å². The maximum absolute atomic E-state index is 10.5. The highest BCUT2D eigenvalue weighted by Crippen LogP contribution is 3.05. The summed E-state index contributed by atoms with van der Waals surface area (Å²) in [7, 11) is -9.75. The first-order chi connectivity index (χ1) is 3.04. The standard InChI is InChI=1S/F6S2/c1-7-8(2,3,4,5)6. The maximum Gasteiger partial charge on any atom is 0.360 e. The molecule has 0 bridgehead atoms. The molecule has 0 unspecified atom stereocenters. The smallest absolute Gasteiger partial charge is 0.143 e. The van der Waals surface area contributed by atoms with Gasteiger partial charge in [0.05, 0.1) is 0 Å². The highest BCUT2D eigenvalue weighted by Gasteiger charge is 2.66. The molecule has 0 aromatic heterocycles. The number of halogens is 6. The average Bonchev–Trinajstić information content (AvgIpc) is 1.30. The quantitative estimate of drug-likeness (QED) is 0.434. The van der Waals surface area contributed by atoms with Crippen LogP contribution in [0.2, 0.25) is 0 Å². The molecule has 0 aromatic carbocycles. The molecule has 0 saturated carbocycles. The van der Waals surface area contributed by atoms with Crippen LogP contribution in [0.3, 0.4) is 0 Å². The SMILES string of the molecule is FSS(F)(F)(F)(F)F. The van der Waals surface area contributed by atoms with Gasteiger partial charge in [0.1, 0.15) is 0 Å². The number of hydrogen-bond acceptors (Lipinski definition) is 1. The molecule has 0 aromatic rings. The average molecular weight is 178 g/mol. The zero-order valence-electron chi connectivity index (χ0n) is 3.08. The third-order valence-electron chi connectivity index (χ3n) is 0.119. The van der Waals surface area contributed by atoms with Crippen molar-refractivity contribution in [1.29, 1.82) is 0 Å². The second kappa shape index (κ2) is 1.08. The van der Waals surface area contributed by atoms with Crippen molar-refractivity contribution in [3.8, 4) is 0 Å². The lowest BCUT2D eigenvalue weighted by atomic mass is 18.6. The van der Waals surface area contributed by atoms with Crippen LogP contribution in [0, 0.1) is 0 Å². The Kier molecular flexibility index (Phi) is 1.12. The molecule has 8 heavy (non-hydrogen) atoms. The Balaban J connectivity index is 4.50. The second-order valence-corrected chi connectivity index (χ2v) is 5.15. The van der Waals surface area contributed by atoms with Crippen LogP contribution in [0.15, 0.2) is 0 Å². The molecule has 0 heterocycles. The minimum atomic E-state index is -9.75. The van der Waals surface area contributed by atoms with Crippen LogP contribution in [-0.2, 0) is 0 Å². The van der Waals surface area contributed by atoms with Crippen LogP contribution in [-0.4, -0.2) is 0 Å². The van der Waals surface area contributed by atoms with Gasteiger partial charge in [0.2, 0.25) is 11.2 Å². The van der Waals surface area contributed by atoms with Gasteiger partial charge in [-0.2, -0.15) is 0 Å². The first-order valence-corrected chi connectivity index (χ1v) is 4.28. The van der Waals surface area contributed by atoms with E-state index >= 15 is 0 Å². The molecule has 0 atom stereocenters. The predicted molar refractivity (Wildman–Crippen MR) is 21.8 cm³/mol. The van der Waals surface area contributed by atoms with Crippen LogP contribution in [0.25, 0.3) is 0 Å². The van der Waals surface area contributed by atoms with E-state index in [1.54, 1.807) is 0 Å². The minimum Gasteiger partial charge on any atom is -0.143 e. The Bertz CT molecular complexity index is 89.7. The van der Waals surface area contributed by atoms with E-state index in [1.807, 2.05) is 0 Å². The van der Waals surface area contributed by atoms with E-state index in [9.17, 15) is 23.3 Å². The first kappa shape index (κ1) is 8.28. The van der Waals surface area contributed by atoms with E-state index < -0.39 is 20.4 Å². The highest BCUT2D eigenvalue weighted by molar-refractivity contribution is 9.00. The van der Waals surface area contributed by atoms with E-state index in [0.29, 0.717) is 0 Å². The molecule has 0 saturated heterocycles. The minimum absolute atomic E-state index is 2.83. The third kappa shape index (κ3) is 6.28. The van der Waals surface area contributed by atoms with Crippen molar-refractivity contribution in [3.05, 3.63) is 0 Å². The van der Waals surface area contributed by atoms with Crippen molar-refractivity contribution in [1.82, 2.24) is 0 Å². The Morgan fingerprint density at radius 2 is 1.00 bits per heavy atom. The predicted octanol–water partition coefficient (Wildman–Crippen LogP) is 3.82. The van der Waals surface area contributed by atoms with E-state index in [4.69, 9.17) is 0 Å². The van der Waals surface area contributed by atoms with E-state index in [2.05, 4.69) is 0 Å². The Labute approximate surface area is 44.7 Å². The molecular formula is F6S2. The summed E-state index contributed by atoms with van der Waals surface area (Å²) in [4.78, 5) is 0. The fourth-order valence-electron chi connectivity index (χ4n) is 0. The normalized spacial score (nSPS) is 21.8. The molecule has 0 nitrogen and oxygen atoms in total. The van der Waals surface area contributed by atoms with Gasteiger partial charge in [0.15, 0.2) is 0 Å². The van der Waals surface area contributed by atoms with E-state index in [1.165, 1.54) is 0 Å². The van der Waals surface area contributed by atoms with Crippen molar-refractivity contribution >= 4 is 20.4 Å². The summed E-state index contributed by atoms with van der Waals surface area (Å²) in [6.07, 6.45) is 0. The zero-order valence-corrected chi connectivity index (χ0v) is 4.72. The molecule has 0 aliphatic rings. The van der Waals surface area contributed by atoms with Gasteiger partial charge < -0.3 is 0 Å². The topological polar surface area (TPSA) is 0 Å². The molecule has 8 heteroatoms. The van der Waals surface area contributed by atoms with Gasteiger partial charge in [-0.1, -0.05) is 19.4 Å². The Morgan fingerprint density at radius 1 is 0.875 bits per heavy atom. The van der Waals surface area contributed by atoms with Crippen molar-refractivity contribution in [2.45, 2.75) is 0 Å². The van der Waals surface area contributed by atoms with Gasteiger partial charge in [-0.25, -0.2) is 0 Å². The van der Waals surface area contributed by atoms with Crippen LogP contribution in [0.1, 0.15) is 0 Å². The van der Waals surface area contributed by atoms with Gasteiger partial charge >= 0.3 is 9.26 Å². The van der Waals surface area contributed by atoms with Gasteiger partial charge in [0, 0.05) is 0 Å². The summed E-state index contributed by atoms with van der Waals surface area (Å²) in [5, 5.41) is 0. The zero-order chi connectivity index (χ0) is 7.12. The fraction of sp³-hybridized carbons (Fsp3) is 0. The van der Waals surface area contributed by atoms with Crippen LogP contribution in [0.5, 0.6) is 0 Å². The third-order valence-corrected chi connectivity index (χ3v) is 1.07. The summed E-state index contributed by atoms with van der Waals surface area (Å²) < 4.78 is 63.0. The monoisotopic (exact) mass is 178 g/mol. The summed E-state index contributed by atoms with van der Waals surface area (Å²) in [6, 6.07) is 0. The summed E-state index contributed by atoms with van der Waals surface area (Å²) in [6.45, 7) is 0. The maximum atomic E-state index is 10.5. The lowest BCUT2D eigenvalue weighted by Crippen LogP contribution is -1.93. The molecule has 0 radical (unpaired) electrons. The van der Waals surface area contributed by atoms with Crippen molar-refractivity contribution in [2.75, 3.05) is 0 Å². The molecule has 0 N–H and O–H groups in total. The molecule has 0 rings (SSSR count). The largest absolute Gasteiger partial charge is 0.360 e. The van der Waals surface area contributed by atoms with Gasteiger partial charge in [-0.15, -0.1) is 3.89 Å². The summed E-state index contributed by atoms with van der Waals surface area (Å²) in [5.74, 6) is 0. The highest BCUT2D eigenvalue weighted by atomic mass is 33.3. The summed E-state index contributed by atoms with van der Waals surface area (Å²) >= 11 is -2.83. The summed E-state index contributed by atoms with van der Waals surface area (Å²) in [5.41, 5.74) is 0. The first-order valence-electron chi connectivity index (χ1n) is 1.09. The van der Waals surface area contributed by atoms with Crippen LogP contribution < -0.4 is 0 Å². The molecule has 0 spiro atoms. The lowest BCUT2D eigenvalue weighted by Gasteiger charge is -2.34. The van der Waals surface area contributed by atoms with Gasteiger partial charge in [0.25, 0.3) is 0 Å². The van der Waals surface area contributed by atoms with E-state index in [0.717, 1.165) is 0 Å². The Morgan fingerprint density at radius 3 is 1.00 bits per heavy atom. The van der Waals surface area contributed by atoms with Crippen molar-refractivity contribution in [3.63, 3.8) is 0 Å². The fourth-order valence-corrected chi connectivity index (χ4v) is 0. The second-order valence-electron chi connectivity index (χ2n) is 0.961. The molecule has 0 aliphatic heterocycles. The van der Waals surface area contributed by atoms with Gasteiger partial charge in [-0.3, -0.25) is 0 Å². The molecular weight excluding hydrogens is 178 g/mol. The lowest BCUT2D eigenvalue weighted by molar-refractivity contribution is 0.400. The van der Waals surface area contributed by atoms with Crippen LogP contribution in [0.4, 0.5) is 23.3 Å². The molecule has 0 aliphatic carbocycles. The van der Waals surface area contributed by atoms with Crippen LogP contribution >= 0.6 is 20.4 Å². The number of rotatable bonds is 1. The molecule has 0 amide bonds. The molecule has 54 valence electrons. The van der Waals surface area contributed by atoms with E-state index in [-0.39, 0.29) is 0 Å². The Hall–Kier alpha value is 0.280. The van der Waals surface area contributed by atoms with Crippen molar-refractivity contribution in [2.24, 2.45) is 0 Å². The number of hydrogen-bond donors (Lipinski definition) is 0.